The maximum Gasteiger partial charge on any atom is 0.254 e. The predicted molar refractivity (Wildman–Crippen MR) is 159 cm³/mol. The van der Waals surface area contributed by atoms with Crippen LogP contribution in [0.4, 0.5) is 5.69 Å². The number of rotatable bonds is 5. The molecule has 0 spiro atoms. The number of para-hydroxylation sites is 1. The van der Waals surface area contributed by atoms with E-state index in [-0.39, 0.29) is 23.9 Å². The Morgan fingerprint density at radius 3 is 2.68 bits per heavy atom. The fraction of sp³-hybridized carbons (Fsp3) is 0.452. The quantitative estimate of drug-likeness (QED) is 0.391. The van der Waals surface area contributed by atoms with Gasteiger partial charge in [0.05, 0.1) is 29.5 Å². The third kappa shape index (κ3) is 4.23. The highest BCUT2D eigenvalue weighted by Gasteiger charge is 2.37. The molecule has 0 radical (unpaired) electrons. The number of aromatic nitrogens is 3. The molecule has 1 unspecified atom stereocenters. The van der Waals surface area contributed by atoms with Gasteiger partial charge >= 0.3 is 0 Å². The highest BCUT2D eigenvalue weighted by atomic mass is 16.5. The molecule has 10 nitrogen and oxygen atoms in total. The van der Waals surface area contributed by atoms with Crippen LogP contribution in [0.25, 0.3) is 33.5 Å². The van der Waals surface area contributed by atoms with Crippen molar-refractivity contribution < 1.29 is 14.3 Å². The van der Waals surface area contributed by atoms with Crippen molar-refractivity contribution in [2.75, 3.05) is 31.6 Å². The van der Waals surface area contributed by atoms with Crippen LogP contribution in [0.2, 0.25) is 0 Å². The standard InChI is InChI=1S/C31H37N7O3/c1-18(39)33-22-15-23(16-22)37-10-11-38-26(13-19-6-4-8-25(37)28(19)38)30-34-24-12-20(14-27(41-3)29(24)35(30)2)31(40)36-9-5-7-21(32)17-36/h4,6,8,12-14,21-23H,5,7,9-11,15-17,32H2,1-3H3,(H,33,39). The van der Waals surface area contributed by atoms with Gasteiger partial charge in [0, 0.05) is 69.2 Å². The zero-order valence-corrected chi connectivity index (χ0v) is 23.9. The van der Waals surface area contributed by atoms with E-state index in [0.717, 1.165) is 61.3 Å². The summed E-state index contributed by atoms with van der Waals surface area (Å²) in [5, 5.41) is 4.23. The second-order valence-corrected chi connectivity index (χ2v) is 11.8. The average molecular weight is 556 g/mol. The van der Waals surface area contributed by atoms with Crippen LogP contribution in [-0.4, -0.2) is 75.7 Å². The fourth-order valence-electron chi connectivity index (χ4n) is 7.10. The van der Waals surface area contributed by atoms with Gasteiger partial charge in [-0.25, -0.2) is 4.98 Å². The minimum Gasteiger partial charge on any atom is -0.494 e. The molecule has 1 atom stereocenters. The Balaban J connectivity index is 1.26. The van der Waals surface area contributed by atoms with Crippen molar-refractivity contribution in [1.29, 1.82) is 0 Å². The number of nitrogens with zero attached hydrogens (tertiary/aromatic N) is 5. The summed E-state index contributed by atoms with van der Waals surface area (Å²) in [6.45, 7) is 4.62. The second kappa shape index (κ2) is 9.80. The Kier molecular flexibility index (Phi) is 6.19. The number of aryl methyl sites for hydroxylation is 1. The minimum atomic E-state index is -0.0301. The number of amides is 2. The summed E-state index contributed by atoms with van der Waals surface area (Å²) in [5.41, 5.74) is 11.8. The molecule has 1 saturated carbocycles. The highest BCUT2D eigenvalue weighted by Crippen LogP contribution is 2.41. The van der Waals surface area contributed by atoms with Crippen LogP contribution in [0.5, 0.6) is 5.75 Å². The first-order chi connectivity index (χ1) is 19.8. The van der Waals surface area contributed by atoms with Crippen molar-refractivity contribution in [2.24, 2.45) is 12.8 Å². The van der Waals surface area contributed by atoms with E-state index in [1.165, 1.54) is 16.6 Å². The first kappa shape index (κ1) is 25.9. The average Bonchev–Trinajstić information content (AvgIpc) is 3.48. The van der Waals surface area contributed by atoms with Gasteiger partial charge in [-0.15, -0.1) is 0 Å². The molecular weight excluding hydrogens is 518 g/mol. The summed E-state index contributed by atoms with van der Waals surface area (Å²) in [6.07, 6.45) is 3.80. The molecule has 1 saturated heterocycles. The maximum absolute atomic E-state index is 13.4. The van der Waals surface area contributed by atoms with Crippen molar-refractivity contribution >= 4 is 39.4 Å². The monoisotopic (exact) mass is 555 g/mol. The largest absolute Gasteiger partial charge is 0.494 e. The number of anilines is 1. The molecule has 3 N–H and O–H groups in total. The molecule has 2 amide bonds. The Morgan fingerprint density at radius 2 is 1.93 bits per heavy atom. The summed E-state index contributed by atoms with van der Waals surface area (Å²) >= 11 is 0. The number of methoxy groups -OCH3 is 1. The molecule has 1 aliphatic carbocycles. The van der Waals surface area contributed by atoms with Crippen molar-refractivity contribution in [3.8, 4) is 17.3 Å². The van der Waals surface area contributed by atoms with Crippen molar-refractivity contribution in [1.82, 2.24) is 24.3 Å². The number of hydrogen-bond acceptors (Lipinski definition) is 6. The smallest absolute Gasteiger partial charge is 0.254 e. The van der Waals surface area contributed by atoms with Gasteiger partial charge in [0.1, 0.15) is 11.3 Å². The van der Waals surface area contributed by atoms with Crippen molar-refractivity contribution in [3.63, 3.8) is 0 Å². The van der Waals surface area contributed by atoms with Crippen LogP contribution in [0, 0.1) is 0 Å². The summed E-state index contributed by atoms with van der Waals surface area (Å²) < 4.78 is 10.2. The van der Waals surface area contributed by atoms with Crippen LogP contribution < -0.4 is 20.7 Å². The van der Waals surface area contributed by atoms with Gasteiger partial charge in [-0.2, -0.15) is 0 Å². The molecule has 2 aromatic heterocycles. The third-order valence-electron chi connectivity index (χ3n) is 9.11. The zero-order chi connectivity index (χ0) is 28.4. The normalized spacial score (nSPS) is 22.2. The van der Waals surface area contributed by atoms with Gasteiger partial charge in [-0.1, -0.05) is 12.1 Å². The SMILES string of the molecule is COc1cc(C(=O)N2CCCC(N)C2)cc2nc(-c3cc4cccc5c4n3CCN5C3CC(NC(C)=O)C3)n(C)c12. The molecule has 2 fully saturated rings. The lowest BCUT2D eigenvalue weighted by molar-refractivity contribution is -0.120. The lowest BCUT2D eigenvalue weighted by Crippen LogP contribution is -2.55. The number of piperidine rings is 1. The third-order valence-corrected chi connectivity index (χ3v) is 9.11. The summed E-state index contributed by atoms with van der Waals surface area (Å²) in [7, 11) is 3.65. The zero-order valence-electron chi connectivity index (χ0n) is 23.9. The molecule has 4 heterocycles. The van der Waals surface area contributed by atoms with Crippen LogP contribution in [0.3, 0.4) is 0 Å². The molecule has 4 aromatic rings. The maximum atomic E-state index is 13.4. The van der Waals surface area contributed by atoms with E-state index in [0.29, 0.717) is 30.4 Å². The number of benzene rings is 2. The predicted octanol–water partition coefficient (Wildman–Crippen LogP) is 3.25. The van der Waals surface area contributed by atoms with E-state index < -0.39 is 0 Å². The van der Waals surface area contributed by atoms with Crippen LogP contribution in [0.15, 0.2) is 36.4 Å². The highest BCUT2D eigenvalue weighted by molar-refractivity contribution is 6.01. The van der Waals surface area contributed by atoms with Gasteiger partial charge in [0.15, 0.2) is 5.82 Å². The fourth-order valence-corrected chi connectivity index (χ4v) is 7.10. The van der Waals surface area contributed by atoms with Crippen LogP contribution in [-0.2, 0) is 18.4 Å². The van der Waals surface area contributed by atoms with Gasteiger partial charge in [0.25, 0.3) is 5.91 Å². The second-order valence-electron chi connectivity index (χ2n) is 11.8. The molecule has 7 rings (SSSR count). The number of fused-ring (bicyclic) bond motifs is 1. The molecule has 10 heteroatoms. The number of imidazole rings is 1. The minimum absolute atomic E-state index is 0.0176. The van der Waals surface area contributed by atoms with E-state index in [1.807, 2.05) is 24.1 Å². The lowest BCUT2D eigenvalue weighted by atomic mass is 9.84. The van der Waals surface area contributed by atoms with E-state index in [1.54, 1.807) is 14.0 Å². The van der Waals surface area contributed by atoms with Crippen LogP contribution >= 0.6 is 0 Å². The lowest BCUT2D eigenvalue weighted by Gasteiger charge is -2.46. The summed E-state index contributed by atoms with van der Waals surface area (Å²) in [5.74, 6) is 1.48. The van der Waals surface area contributed by atoms with Gasteiger partial charge in [-0.05, 0) is 49.9 Å². The van der Waals surface area contributed by atoms with E-state index in [2.05, 4.69) is 43.6 Å². The molecule has 2 aromatic carbocycles. The Morgan fingerprint density at radius 1 is 1.10 bits per heavy atom. The Hall–Kier alpha value is -4.05. The first-order valence-electron chi connectivity index (χ1n) is 14.6. The topological polar surface area (TPSA) is 111 Å². The number of carbonyl (C=O) groups is 2. The van der Waals surface area contributed by atoms with Crippen molar-refractivity contribution in [3.05, 3.63) is 42.0 Å². The van der Waals surface area contributed by atoms with Gasteiger partial charge in [-0.3, -0.25) is 9.59 Å². The number of nitrogens with one attached hydrogen (secondary N) is 1. The van der Waals surface area contributed by atoms with Crippen LogP contribution in [0.1, 0.15) is 43.0 Å². The number of ether oxygens (including phenoxy) is 1. The Labute approximate surface area is 239 Å². The summed E-state index contributed by atoms with van der Waals surface area (Å²) in [6, 6.07) is 13.1. The van der Waals surface area contributed by atoms with E-state index in [9.17, 15) is 9.59 Å². The van der Waals surface area contributed by atoms with Crippen molar-refractivity contribution in [2.45, 2.75) is 57.3 Å². The molecule has 41 heavy (non-hydrogen) atoms. The number of carbonyl (C=O) groups excluding carboxylic acids is 2. The molecule has 0 bridgehead atoms. The Bertz CT molecular complexity index is 1680. The molecule has 214 valence electrons. The van der Waals surface area contributed by atoms with Gasteiger partial charge < -0.3 is 34.7 Å². The first-order valence-corrected chi connectivity index (χ1v) is 14.6. The van der Waals surface area contributed by atoms with E-state index >= 15 is 0 Å². The molecule has 2 aliphatic heterocycles. The van der Waals surface area contributed by atoms with Gasteiger partial charge in [0.2, 0.25) is 5.91 Å². The number of likely N-dealkylation sites (tertiary alicyclic amines) is 1. The summed E-state index contributed by atoms with van der Waals surface area (Å²) in [4.78, 5) is 34.3. The molecular formula is C31H37N7O3. The van der Waals surface area contributed by atoms with E-state index in [4.69, 9.17) is 15.5 Å². The number of nitrogens with two attached hydrogens (primary N) is 1. The number of hydrogen-bond donors (Lipinski definition) is 2. The molecule has 3 aliphatic rings.